The average Bonchev–Trinajstić information content (AvgIpc) is 2.47. The monoisotopic (exact) mass is 423 g/mol. The molecule has 95 valence electrons. The first kappa shape index (κ1) is 13.7. The van der Waals surface area contributed by atoms with E-state index in [2.05, 4.69) is 29.8 Å². The second-order valence-electron chi connectivity index (χ2n) is 4.12. The summed E-state index contributed by atoms with van der Waals surface area (Å²) in [5.74, 6) is 0. The average molecular weight is 423 g/mol. The van der Waals surface area contributed by atoms with Gasteiger partial charge in [-0.1, -0.05) is 24.3 Å². The minimum Gasteiger partial charge on any atom is -0.304 e. The summed E-state index contributed by atoms with van der Waals surface area (Å²) in [6, 6.07) is 19.5. The Morgan fingerprint density at radius 1 is 1.05 bits per heavy atom. The van der Waals surface area contributed by atoms with Crippen LogP contribution in [0, 0.1) is 6.07 Å². The van der Waals surface area contributed by atoms with Gasteiger partial charge in [-0.25, -0.2) is 0 Å². The van der Waals surface area contributed by atoms with Gasteiger partial charge in [-0.05, 0) is 22.5 Å². The largest absolute Gasteiger partial charge is 0.304 e. The van der Waals surface area contributed by atoms with Gasteiger partial charge in [-0.3, -0.25) is 0 Å². The van der Waals surface area contributed by atoms with E-state index in [1.807, 2.05) is 48.7 Å². The van der Waals surface area contributed by atoms with Crippen LogP contribution in [0.3, 0.4) is 0 Å². The van der Waals surface area contributed by atoms with E-state index >= 15 is 0 Å². The van der Waals surface area contributed by atoms with Crippen molar-refractivity contribution in [3.8, 4) is 11.3 Å². The second kappa shape index (κ2) is 5.92. The van der Waals surface area contributed by atoms with Gasteiger partial charge in [0.2, 0.25) is 0 Å². The maximum absolute atomic E-state index is 4.48. The van der Waals surface area contributed by atoms with Crippen molar-refractivity contribution in [3.63, 3.8) is 0 Å². The standard InChI is InChI=1S/C17H12N.Ir/c1-2-13-7-9-15(10-8-13)17-16-6-4-3-5-14(16)11-12-18-17;/h2-9,11-12H,1H2;/q-1;. The molecular formula is C17H12IrN-. The number of nitrogens with zero attached hydrogens (tertiary/aromatic N) is 1. The van der Waals surface area contributed by atoms with E-state index in [0.717, 1.165) is 22.2 Å². The summed E-state index contributed by atoms with van der Waals surface area (Å²) in [5.41, 5.74) is 3.06. The second-order valence-corrected chi connectivity index (χ2v) is 4.12. The number of rotatable bonds is 2. The molecule has 1 radical (unpaired) electrons. The third-order valence-electron chi connectivity index (χ3n) is 3.00. The van der Waals surface area contributed by atoms with Crippen LogP contribution in [-0.4, -0.2) is 4.98 Å². The van der Waals surface area contributed by atoms with Crippen LogP contribution in [0.1, 0.15) is 5.56 Å². The molecule has 0 aliphatic heterocycles. The van der Waals surface area contributed by atoms with Crippen LogP contribution in [0.25, 0.3) is 28.1 Å². The van der Waals surface area contributed by atoms with Gasteiger partial charge in [-0.15, -0.1) is 48.0 Å². The first-order valence-corrected chi connectivity index (χ1v) is 5.87. The van der Waals surface area contributed by atoms with Gasteiger partial charge in [0.15, 0.2) is 0 Å². The van der Waals surface area contributed by atoms with E-state index in [1.165, 1.54) is 5.39 Å². The molecule has 0 aliphatic carbocycles. The Morgan fingerprint density at radius 3 is 2.63 bits per heavy atom. The third kappa shape index (κ3) is 2.65. The molecule has 0 bridgehead atoms. The molecule has 3 rings (SSSR count). The zero-order valence-corrected chi connectivity index (χ0v) is 12.7. The zero-order valence-electron chi connectivity index (χ0n) is 10.3. The SMILES string of the molecule is C=Cc1c[c-]c(-c2nccc3ccccc23)cc1.[Ir]. The predicted octanol–water partition coefficient (Wildman–Crippen LogP) is 4.34. The first-order chi connectivity index (χ1) is 8.88. The number of benzene rings is 2. The fourth-order valence-electron chi connectivity index (χ4n) is 2.05. The zero-order chi connectivity index (χ0) is 12.4. The van der Waals surface area contributed by atoms with E-state index in [4.69, 9.17) is 0 Å². The van der Waals surface area contributed by atoms with Crippen LogP contribution in [-0.2, 0) is 20.1 Å². The molecule has 0 atom stereocenters. The van der Waals surface area contributed by atoms with Gasteiger partial charge in [0.05, 0.1) is 0 Å². The molecule has 3 aromatic rings. The van der Waals surface area contributed by atoms with Crippen LogP contribution < -0.4 is 0 Å². The molecule has 0 N–H and O–H groups in total. The molecule has 2 heteroatoms. The summed E-state index contributed by atoms with van der Waals surface area (Å²) < 4.78 is 0. The maximum Gasteiger partial charge on any atom is 0.0167 e. The van der Waals surface area contributed by atoms with E-state index in [1.54, 1.807) is 0 Å². The Bertz CT molecular complexity index is 697. The van der Waals surface area contributed by atoms with Crippen molar-refractivity contribution in [2.75, 3.05) is 0 Å². The Kier molecular flexibility index (Phi) is 4.26. The molecule has 0 fully saturated rings. The van der Waals surface area contributed by atoms with Crippen molar-refractivity contribution in [2.24, 2.45) is 0 Å². The van der Waals surface area contributed by atoms with E-state index < -0.39 is 0 Å². The van der Waals surface area contributed by atoms with Gasteiger partial charge in [0.1, 0.15) is 0 Å². The van der Waals surface area contributed by atoms with Gasteiger partial charge < -0.3 is 4.98 Å². The number of hydrogen-bond acceptors (Lipinski definition) is 1. The first-order valence-electron chi connectivity index (χ1n) is 5.87. The van der Waals surface area contributed by atoms with Crippen molar-refractivity contribution in [3.05, 3.63) is 72.9 Å². The number of hydrogen-bond donors (Lipinski definition) is 0. The summed E-state index contributed by atoms with van der Waals surface area (Å²) in [5, 5.41) is 2.35. The number of aromatic nitrogens is 1. The van der Waals surface area contributed by atoms with Crippen molar-refractivity contribution in [1.29, 1.82) is 0 Å². The van der Waals surface area contributed by atoms with Crippen molar-refractivity contribution in [2.45, 2.75) is 0 Å². The Morgan fingerprint density at radius 2 is 1.89 bits per heavy atom. The topological polar surface area (TPSA) is 12.9 Å². The van der Waals surface area contributed by atoms with Gasteiger partial charge in [-0.2, -0.15) is 0 Å². The predicted molar refractivity (Wildman–Crippen MR) is 76.1 cm³/mol. The van der Waals surface area contributed by atoms with E-state index in [-0.39, 0.29) is 20.1 Å². The molecule has 0 aliphatic rings. The molecule has 1 aromatic heterocycles. The molecule has 0 spiro atoms. The van der Waals surface area contributed by atoms with Crippen LogP contribution in [0.2, 0.25) is 0 Å². The third-order valence-corrected chi connectivity index (χ3v) is 3.00. The minimum atomic E-state index is 0. The molecule has 0 amide bonds. The Hall–Kier alpha value is -1.76. The molecule has 19 heavy (non-hydrogen) atoms. The van der Waals surface area contributed by atoms with Crippen LogP contribution in [0.15, 0.2) is 61.3 Å². The van der Waals surface area contributed by atoms with Gasteiger partial charge >= 0.3 is 0 Å². The quantitative estimate of drug-likeness (QED) is 0.560. The molecule has 1 nitrogen and oxygen atoms in total. The van der Waals surface area contributed by atoms with Crippen LogP contribution >= 0.6 is 0 Å². The van der Waals surface area contributed by atoms with Crippen molar-refractivity contribution < 1.29 is 20.1 Å². The van der Waals surface area contributed by atoms with Crippen molar-refractivity contribution in [1.82, 2.24) is 4.98 Å². The van der Waals surface area contributed by atoms with Gasteiger partial charge in [0, 0.05) is 26.3 Å². The van der Waals surface area contributed by atoms with E-state index in [0.29, 0.717) is 0 Å². The van der Waals surface area contributed by atoms with E-state index in [9.17, 15) is 0 Å². The summed E-state index contributed by atoms with van der Waals surface area (Å²) in [7, 11) is 0. The normalized spacial score (nSPS) is 9.89. The number of pyridine rings is 1. The summed E-state index contributed by atoms with van der Waals surface area (Å²) in [6.45, 7) is 3.75. The smallest absolute Gasteiger partial charge is 0.0167 e. The fraction of sp³-hybridized carbons (Fsp3) is 0. The Balaban J connectivity index is 0.00000133. The molecule has 0 saturated carbocycles. The Labute approximate surface area is 126 Å². The fourth-order valence-corrected chi connectivity index (χ4v) is 2.05. The van der Waals surface area contributed by atoms with Crippen molar-refractivity contribution >= 4 is 16.8 Å². The molecular weight excluding hydrogens is 410 g/mol. The maximum atomic E-state index is 4.48. The van der Waals surface area contributed by atoms with Crippen LogP contribution in [0.5, 0.6) is 0 Å². The van der Waals surface area contributed by atoms with Gasteiger partial charge in [0.25, 0.3) is 0 Å². The summed E-state index contributed by atoms with van der Waals surface area (Å²) in [4.78, 5) is 4.48. The molecule has 1 heterocycles. The van der Waals surface area contributed by atoms with Crippen LogP contribution in [0.4, 0.5) is 0 Å². The molecule has 0 saturated heterocycles. The summed E-state index contributed by atoms with van der Waals surface area (Å²) >= 11 is 0. The minimum absolute atomic E-state index is 0. The molecule has 0 unspecified atom stereocenters. The number of fused-ring (bicyclic) bond motifs is 1. The summed E-state index contributed by atoms with van der Waals surface area (Å²) in [6.07, 6.45) is 3.66. The molecule has 2 aromatic carbocycles.